The number of halogens is 6. The lowest BCUT2D eigenvalue weighted by Crippen LogP contribution is -2.43. The van der Waals surface area contributed by atoms with Crippen molar-refractivity contribution in [2.75, 3.05) is 12.4 Å². The fraction of sp³-hybridized carbons (Fsp3) is 0.440. The van der Waals surface area contributed by atoms with Gasteiger partial charge in [0.15, 0.2) is 11.5 Å². The number of hydrogen-bond donors (Lipinski definition) is 3. The largest absolute Gasteiger partial charge is 0.490 e. The first kappa shape index (κ1) is 33.7. The van der Waals surface area contributed by atoms with Gasteiger partial charge in [0.25, 0.3) is 11.8 Å². The molecule has 19 heteroatoms. The third-order valence-electron chi connectivity index (χ3n) is 5.82. The predicted molar refractivity (Wildman–Crippen MR) is 138 cm³/mol. The number of anilines is 1. The highest BCUT2D eigenvalue weighted by atomic mass is 19.4. The van der Waals surface area contributed by atoms with Gasteiger partial charge >= 0.3 is 12.1 Å². The monoisotopic (exact) mass is 632 g/mol. The first-order valence-corrected chi connectivity index (χ1v) is 12.8. The molecule has 1 aliphatic carbocycles. The number of nitrogens with one attached hydrogen (secondary N) is 2. The lowest BCUT2D eigenvalue weighted by Gasteiger charge is -2.34. The summed E-state index contributed by atoms with van der Waals surface area (Å²) in [6.07, 6.45) is -2.84. The van der Waals surface area contributed by atoms with Crippen LogP contribution in [0, 0.1) is 0 Å². The molecule has 2 amide bonds. The number of aliphatic carboxylic acids is 1. The fourth-order valence-corrected chi connectivity index (χ4v) is 3.66. The van der Waals surface area contributed by atoms with Crippen LogP contribution in [0.1, 0.15) is 41.0 Å². The molecule has 0 saturated heterocycles. The number of amides is 2. The summed E-state index contributed by atoms with van der Waals surface area (Å²) in [5.41, 5.74) is 1.20. The highest BCUT2D eigenvalue weighted by Crippen LogP contribution is 2.39. The number of aromatic nitrogens is 6. The van der Waals surface area contributed by atoms with Crippen LogP contribution in [0.25, 0.3) is 0 Å². The number of carboxylic acid groups (broad SMARTS) is 1. The molecule has 3 N–H and O–H groups in total. The average Bonchev–Trinajstić information content (AvgIpc) is 3.39. The topological polar surface area (TPSA) is 174 Å². The van der Waals surface area contributed by atoms with Gasteiger partial charge in [0.2, 0.25) is 5.91 Å². The minimum Gasteiger partial charge on any atom is -0.488 e. The highest BCUT2D eigenvalue weighted by molar-refractivity contribution is 5.91. The first-order valence-electron chi connectivity index (χ1n) is 12.8. The second kappa shape index (κ2) is 14.6. The average molecular weight is 633 g/mol. The Hall–Kier alpha value is -4.84. The molecule has 1 unspecified atom stereocenters. The Morgan fingerprint density at radius 3 is 2.45 bits per heavy atom. The van der Waals surface area contributed by atoms with Crippen molar-refractivity contribution in [2.45, 2.75) is 63.0 Å². The number of carbonyl (C=O) groups excluding carboxylic acids is 2. The van der Waals surface area contributed by atoms with E-state index in [2.05, 4.69) is 36.1 Å². The zero-order valence-electron chi connectivity index (χ0n) is 22.9. The number of rotatable bonds is 11. The fourth-order valence-electron chi connectivity index (χ4n) is 3.66. The summed E-state index contributed by atoms with van der Waals surface area (Å²) >= 11 is 0. The van der Waals surface area contributed by atoms with E-state index in [-0.39, 0.29) is 49.6 Å². The Morgan fingerprint density at radius 1 is 1.16 bits per heavy atom. The van der Waals surface area contributed by atoms with Crippen LogP contribution < -0.4 is 15.4 Å². The standard InChI is InChI=1S/C23H25F3N8O3.C2HF3O2/c1-27-22(36)19-13-34(33-31-19)12-15(24)2-3-16-4-5-20(32-30-16)29-21(35)7-14-6-17(11-28-10-14)37-18-8-23(25,26)9-18;3-2(4,5)1(6)7/h4-6,10-11,13,15,18H,2-3,7-9,12H2,1H3,(H,27,36)(H,29,32,35);(H,6,7). The van der Waals surface area contributed by atoms with Gasteiger partial charge in [-0.3, -0.25) is 14.6 Å². The van der Waals surface area contributed by atoms with Crippen molar-refractivity contribution in [3.8, 4) is 5.75 Å². The number of alkyl halides is 6. The van der Waals surface area contributed by atoms with Crippen LogP contribution in [-0.2, 0) is 29.0 Å². The van der Waals surface area contributed by atoms with Crippen LogP contribution >= 0.6 is 0 Å². The van der Waals surface area contributed by atoms with Crippen molar-refractivity contribution in [1.29, 1.82) is 0 Å². The lowest BCUT2D eigenvalue weighted by molar-refractivity contribution is -0.192. The van der Waals surface area contributed by atoms with Crippen LogP contribution in [-0.4, -0.2) is 84.5 Å². The van der Waals surface area contributed by atoms with Crippen LogP contribution in [0.15, 0.2) is 36.8 Å². The van der Waals surface area contributed by atoms with Gasteiger partial charge in [-0.05, 0) is 36.6 Å². The molecule has 3 heterocycles. The number of nitrogens with zero attached hydrogens (tertiary/aromatic N) is 6. The second-order valence-electron chi connectivity index (χ2n) is 9.51. The summed E-state index contributed by atoms with van der Waals surface area (Å²) in [6, 6.07) is 4.79. The van der Waals surface area contributed by atoms with Crippen molar-refractivity contribution in [3.63, 3.8) is 0 Å². The number of hydrogen-bond acceptors (Lipinski definition) is 9. The van der Waals surface area contributed by atoms with Crippen LogP contribution in [0.2, 0.25) is 0 Å². The van der Waals surface area contributed by atoms with Gasteiger partial charge in [-0.1, -0.05) is 5.21 Å². The van der Waals surface area contributed by atoms with Crippen LogP contribution in [0.4, 0.5) is 32.2 Å². The lowest BCUT2D eigenvalue weighted by atomic mass is 9.91. The summed E-state index contributed by atoms with van der Waals surface area (Å²) in [5, 5.41) is 27.6. The molecule has 238 valence electrons. The van der Waals surface area contributed by atoms with E-state index in [1.54, 1.807) is 18.2 Å². The van der Waals surface area contributed by atoms with Gasteiger partial charge in [-0.15, -0.1) is 10.2 Å². The third-order valence-corrected chi connectivity index (χ3v) is 5.82. The molecule has 4 rings (SSSR count). The normalized spacial score (nSPS) is 14.8. The molecule has 3 aromatic heterocycles. The first-order chi connectivity index (χ1) is 20.6. The summed E-state index contributed by atoms with van der Waals surface area (Å²) < 4.78 is 78.8. The molecule has 44 heavy (non-hydrogen) atoms. The quantitative estimate of drug-likeness (QED) is 0.267. The summed E-state index contributed by atoms with van der Waals surface area (Å²) in [5.74, 6) is -5.65. The number of aryl methyl sites for hydroxylation is 1. The van der Waals surface area contributed by atoms with E-state index in [0.29, 0.717) is 23.4 Å². The summed E-state index contributed by atoms with van der Waals surface area (Å²) in [6.45, 7) is -0.0558. The molecule has 0 bridgehead atoms. The van der Waals surface area contributed by atoms with Crippen molar-refractivity contribution in [2.24, 2.45) is 0 Å². The zero-order chi connectivity index (χ0) is 32.5. The zero-order valence-corrected chi connectivity index (χ0v) is 22.9. The maximum Gasteiger partial charge on any atom is 0.490 e. The van der Waals surface area contributed by atoms with Gasteiger partial charge in [-0.2, -0.15) is 18.3 Å². The minimum atomic E-state index is -5.08. The van der Waals surface area contributed by atoms with E-state index in [4.69, 9.17) is 14.6 Å². The van der Waals surface area contributed by atoms with Gasteiger partial charge in [0.1, 0.15) is 18.0 Å². The van der Waals surface area contributed by atoms with E-state index >= 15 is 0 Å². The Labute approximate surface area is 245 Å². The molecule has 0 radical (unpaired) electrons. The number of ether oxygens (including phenoxy) is 1. The van der Waals surface area contributed by atoms with Crippen molar-refractivity contribution >= 4 is 23.6 Å². The Morgan fingerprint density at radius 2 is 1.86 bits per heavy atom. The van der Waals surface area contributed by atoms with Gasteiger partial charge in [0.05, 0.1) is 31.1 Å². The van der Waals surface area contributed by atoms with E-state index in [1.807, 2.05) is 0 Å². The molecule has 1 saturated carbocycles. The molecule has 13 nitrogen and oxygen atoms in total. The summed E-state index contributed by atoms with van der Waals surface area (Å²) in [7, 11) is 1.47. The maximum absolute atomic E-state index is 14.3. The van der Waals surface area contributed by atoms with Crippen LogP contribution in [0.5, 0.6) is 5.75 Å². The molecule has 1 atom stereocenters. The molecule has 0 aliphatic heterocycles. The minimum absolute atomic E-state index is 0.0259. The van der Waals surface area contributed by atoms with Crippen molar-refractivity contribution < 1.29 is 50.6 Å². The number of pyridine rings is 1. The van der Waals surface area contributed by atoms with Crippen LogP contribution in [0.3, 0.4) is 0 Å². The second-order valence-corrected chi connectivity index (χ2v) is 9.51. The SMILES string of the molecule is CNC(=O)c1cn(CC(F)CCc2ccc(NC(=O)Cc3cncc(OC4CC(F)(F)C4)c3)nn2)nn1.O=C(O)C(F)(F)F. The smallest absolute Gasteiger partial charge is 0.488 e. The molecule has 0 aromatic carbocycles. The number of carboxylic acids is 1. The molecule has 0 spiro atoms. The summed E-state index contributed by atoms with van der Waals surface area (Å²) in [4.78, 5) is 36.8. The Kier molecular flexibility index (Phi) is 11.1. The predicted octanol–water partition coefficient (Wildman–Crippen LogP) is 2.78. The maximum atomic E-state index is 14.3. The van der Waals surface area contributed by atoms with E-state index in [9.17, 15) is 35.9 Å². The molecule has 1 fully saturated rings. The third kappa shape index (κ3) is 10.8. The van der Waals surface area contributed by atoms with Gasteiger partial charge in [0, 0.05) is 26.1 Å². The number of carbonyl (C=O) groups is 3. The molecule has 1 aliphatic rings. The molecular weight excluding hydrogens is 606 g/mol. The van der Waals surface area contributed by atoms with E-state index in [0.717, 1.165) is 0 Å². The Bertz CT molecular complexity index is 1430. The van der Waals surface area contributed by atoms with E-state index in [1.165, 1.54) is 30.3 Å². The van der Waals surface area contributed by atoms with E-state index < -0.39 is 36.3 Å². The van der Waals surface area contributed by atoms with Crippen molar-refractivity contribution in [3.05, 3.63) is 53.7 Å². The highest BCUT2D eigenvalue weighted by Gasteiger charge is 2.47. The van der Waals surface area contributed by atoms with Crippen molar-refractivity contribution in [1.82, 2.24) is 35.5 Å². The molecular formula is C25H26F6N8O5. The molecule has 3 aromatic rings. The Balaban J connectivity index is 0.000000676. The van der Waals surface area contributed by atoms with Gasteiger partial charge < -0.3 is 20.5 Å². The van der Waals surface area contributed by atoms with Gasteiger partial charge in [-0.25, -0.2) is 22.6 Å².